The Kier molecular flexibility index (Phi) is 4.28. The number of rotatable bonds is 4. The predicted molar refractivity (Wildman–Crippen MR) is 82.0 cm³/mol. The summed E-state index contributed by atoms with van der Waals surface area (Å²) < 4.78 is 0. The SMILES string of the molecule is CCC(NC(=O)c1cc2ccccc2cc1O)C(C)C. The van der Waals surface area contributed by atoms with Crippen molar-refractivity contribution < 1.29 is 9.90 Å². The van der Waals surface area contributed by atoms with E-state index in [2.05, 4.69) is 19.2 Å². The number of nitrogens with one attached hydrogen (secondary N) is 1. The molecule has 1 unspecified atom stereocenters. The Morgan fingerprint density at radius 1 is 1.20 bits per heavy atom. The monoisotopic (exact) mass is 271 g/mol. The number of fused-ring (bicyclic) bond motifs is 1. The van der Waals surface area contributed by atoms with E-state index in [-0.39, 0.29) is 17.7 Å². The summed E-state index contributed by atoms with van der Waals surface area (Å²) in [5, 5.41) is 14.9. The van der Waals surface area contributed by atoms with Gasteiger partial charge in [-0.25, -0.2) is 0 Å². The fraction of sp³-hybridized carbons (Fsp3) is 0.353. The van der Waals surface area contributed by atoms with Crippen LogP contribution in [0.5, 0.6) is 5.75 Å². The van der Waals surface area contributed by atoms with Crippen LogP contribution in [0, 0.1) is 5.92 Å². The minimum Gasteiger partial charge on any atom is -0.507 e. The lowest BCUT2D eigenvalue weighted by molar-refractivity contribution is 0.0922. The van der Waals surface area contributed by atoms with Gasteiger partial charge in [0.1, 0.15) is 5.75 Å². The quantitative estimate of drug-likeness (QED) is 0.890. The van der Waals surface area contributed by atoms with Gasteiger partial charge < -0.3 is 10.4 Å². The number of aromatic hydroxyl groups is 1. The molecule has 0 aliphatic rings. The molecule has 3 heteroatoms. The Morgan fingerprint density at radius 3 is 2.35 bits per heavy atom. The van der Waals surface area contributed by atoms with Crippen LogP contribution in [0.3, 0.4) is 0 Å². The normalized spacial score (nSPS) is 12.6. The van der Waals surface area contributed by atoms with Crippen LogP contribution in [-0.4, -0.2) is 17.1 Å². The number of phenolic OH excluding ortho intramolecular Hbond substituents is 1. The van der Waals surface area contributed by atoms with Gasteiger partial charge >= 0.3 is 0 Å². The molecule has 1 atom stereocenters. The maximum Gasteiger partial charge on any atom is 0.255 e. The molecular weight excluding hydrogens is 250 g/mol. The van der Waals surface area contributed by atoms with Crippen molar-refractivity contribution in [2.75, 3.05) is 0 Å². The number of benzene rings is 2. The van der Waals surface area contributed by atoms with Crippen molar-refractivity contribution in [3.63, 3.8) is 0 Å². The molecule has 2 N–H and O–H groups in total. The van der Waals surface area contributed by atoms with Crippen LogP contribution in [0.2, 0.25) is 0 Å². The van der Waals surface area contributed by atoms with Crippen LogP contribution in [0.25, 0.3) is 10.8 Å². The first-order valence-electron chi connectivity index (χ1n) is 7.05. The Hall–Kier alpha value is -2.03. The van der Waals surface area contributed by atoms with Gasteiger partial charge in [0.25, 0.3) is 5.91 Å². The van der Waals surface area contributed by atoms with Gasteiger partial charge in [0, 0.05) is 6.04 Å². The van der Waals surface area contributed by atoms with Crippen LogP contribution in [-0.2, 0) is 0 Å². The Balaban J connectivity index is 2.32. The van der Waals surface area contributed by atoms with Crippen molar-refractivity contribution in [3.8, 4) is 5.75 Å². The van der Waals surface area contributed by atoms with Crippen molar-refractivity contribution in [1.29, 1.82) is 0 Å². The van der Waals surface area contributed by atoms with E-state index in [1.54, 1.807) is 12.1 Å². The van der Waals surface area contributed by atoms with Crippen molar-refractivity contribution in [3.05, 3.63) is 42.0 Å². The zero-order valence-corrected chi connectivity index (χ0v) is 12.2. The van der Waals surface area contributed by atoms with Gasteiger partial charge in [0.2, 0.25) is 0 Å². The molecule has 0 aromatic heterocycles. The Morgan fingerprint density at radius 2 is 1.80 bits per heavy atom. The van der Waals surface area contributed by atoms with E-state index >= 15 is 0 Å². The molecule has 0 aliphatic heterocycles. The molecule has 3 nitrogen and oxygen atoms in total. The first-order valence-corrected chi connectivity index (χ1v) is 7.05. The van der Waals surface area contributed by atoms with E-state index in [1.807, 2.05) is 31.2 Å². The highest BCUT2D eigenvalue weighted by atomic mass is 16.3. The number of hydrogen-bond donors (Lipinski definition) is 2. The molecule has 0 bridgehead atoms. The summed E-state index contributed by atoms with van der Waals surface area (Å²) in [7, 11) is 0. The number of amides is 1. The van der Waals surface area contributed by atoms with Crippen LogP contribution >= 0.6 is 0 Å². The second-order valence-corrected chi connectivity index (χ2v) is 5.45. The lowest BCUT2D eigenvalue weighted by Gasteiger charge is -2.21. The molecule has 0 saturated carbocycles. The van der Waals surface area contributed by atoms with Crippen molar-refractivity contribution in [2.45, 2.75) is 33.2 Å². The third kappa shape index (κ3) is 2.93. The average Bonchev–Trinajstić information content (AvgIpc) is 2.43. The van der Waals surface area contributed by atoms with E-state index < -0.39 is 0 Å². The van der Waals surface area contributed by atoms with Crippen LogP contribution in [0.4, 0.5) is 0 Å². The molecule has 0 spiro atoms. The first kappa shape index (κ1) is 14.4. The largest absolute Gasteiger partial charge is 0.507 e. The molecule has 106 valence electrons. The average molecular weight is 271 g/mol. The summed E-state index contributed by atoms with van der Waals surface area (Å²) >= 11 is 0. The second kappa shape index (κ2) is 5.95. The van der Waals surface area contributed by atoms with Crippen LogP contribution < -0.4 is 5.32 Å². The van der Waals surface area contributed by atoms with E-state index in [9.17, 15) is 9.90 Å². The van der Waals surface area contributed by atoms with Gasteiger partial charge in [-0.15, -0.1) is 0 Å². The van der Waals surface area contributed by atoms with E-state index in [1.165, 1.54) is 0 Å². The van der Waals surface area contributed by atoms with Gasteiger partial charge in [0.05, 0.1) is 5.56 Å². The topological polar surface area (TPSA) is 49.3 Å². The fourth-order valence-electron chi connectivity index (χ4n) is 2.40. The maximum absolute atomic E-state index is 12.3. The highest BCUT2D eigenvalue weighted by Gasteiger charge is 2.18. The van der Waals surface area contributed by atoms with Crippen molar-refractivity contribution >= 4 is 16.7 Å². The van der Waals surface area contributed by atoms with E-state index in [4.69, 9.17) is 0 Å². The van der Waals surface area contributed by atoms with Crippen molar-refractivity contribution in [1.82, 2.24) is 5.32 Å². The van der Waals surface area contributed by atoms with E-state index in [0.29, 0.717) is 11.5 Å². The second-order valence-electron chi connectivity index (χ2n) is 5.45. The molecule has 2 rings (SSSR count). The van der Waals surface area contributed by atoms with Crippen LogP contribution in [0.1, 0.15) is 37.6 Å². The van der Waals surface area contributed by atoms with Gasteiger partial charge in [-0.2, -0.15) is 0 Å². The highest BCUT2D eigenvalue weighted by molar-refractivity contribution is 6.01. The van der Waals surface area contributed by atoms with Gasteiger partial charge in [0.15, 0.2) is 0 Å². The van der Waals surface area contributed by atoms with E-state index in [0.717, 1.165) is 17.2 Å². The molecule has 0 heterocycles. The zero-order valence-electron chi connectivity index (χ0n) is 12.2. The molecule has 20 heavy (non-hydrogen) atoms. The fourth-order valence-corrected chi connectivity index (χ4v) is 2.40. The lowest BCUT2D eigenvalue weighted by atomic mass is 10.0. The Bertz CT molecular complexity index is 619. The minimum atomic E-state index is -0.214. The molecule has 0 aliphatic carbocycles. The molecule has 1 amide bonds. The molecule has 0 radical (unpaired) electrons. The van der Waals surface area contributed by atoms with Crippen molar-refractivity contribution in [2.24, 2.45) is 5.92 Å². The molecule has 2 aromatic carbocycles. The van der Waals surface area contributed by atoms with Crippen LogP contribution in [0.15, 0.2) is 36.4 Å². The molecule has 0 fully saturated rings. The number of phenols is 1. The summed E-state index contributed by atoms with van der Waals surface area (Å²) in [5.74, 6) is 0.181. The first-order chi connectivity index (χ1) is 9.52. The highest BCUT2D eigenvalue weighted by Crippen LogP contribution is 2.25. The van der Waals surface area contributed by atoms with Gasteiger partial charge in [-0.3, -0.25) is 4.79 Å². The number of carbonyl (C=O) groups is 1. The summed E-state index contributed by atoms with van der Waals surface area (Å²) in [6.45, 7) is 6.20. The maximum atomic E-state index is 12.3. The third-order valence-electron chi connectivity index (χ3n) is 3.67. The summed E-state index contributed by atoms with van der Waals surface area (Å²) in [6.07, 6.45) is 0.873. The smallest absolute Gasteiger partial charge is 0.255 e. The zero-order chi connectivity index (χ0) is 14.7. The number of carbonyl (C=O) groups excluding carboxylic acids is 1. The third-order valence-corrected chi connectivity index (χ3v) is 3.67. The minimum absolute atomic E-state index is 0.0276. The van der Waals surface area contributed by atoms with Gasteiger partial charge in [-0.1, -0.05) is 45.0 Å². The lowest BCUT2D eigenvalue weighted by Crippen LogP contribution is -2.38. The summed E-state index contributed by atoms with van der Waals surface area (Å²) in [4.78, 5) is 12.3. The Labute approximate surface area is 119 Å². The standard InChI is InChI=1S/C17H21NO2/c1-4-15(11(2)3)18-17(20)14-9-12-7-5-6-8-13(12)10-16(14)19/h5-11,15,19H,4H2,1-3H3,(H,18,20). The predicted octanol–water partition coefficient (Wildman–Crippen LogP) is 3.71. The molecule has 2 aromatic rings. The molecular formula is C17H21NO2. The summed E-state index contributed by atoms with van der Waals surface area (Å²) in [6, 6.07) is 11.2. The number of hydrogen-bond acceptors (Lipinski definition) is 2. The van der Waals surface area contributed by atoms with Gasteiger partial charge in [-0.05, 0) is 35.2 Å². The molecule has 0 saturated heterocycles. The summed E-state index contributed by atoms with van der Waals surface area (Å²) in [5.41, 5.74) is 0.336.